The van der Waals surface area contributed by atoms with Gasteiger partial charge in [0.1, 0.15) is 11.9 Å². The van der Waals surface area contributed by atoms with Crippen LogP contribution in [0.25, 0.3) is 11.1 Å². The lowest BCUT2D eigenvalue weighted by atomic mass is 9.85. The Morgan fingerprint density at radius 2 is 1.62 bits per heavy atom. The number of nitrogens with one attached hydrogen (secondary N) is 1. The summed E-state index contributed by atoms with van der Waals surface area (Å²) in [5, 5.41) is 12.4. The molecule has 0 aliphatic heterocycles. The van der Waals surface area contributed by atoms with Gasteiger partial charge >= 0.3 is 5.97 Å². The van der Waals surface area contributed by atoms with Crippen LogP contribution >= 0.6 is 11.3 Å². The average Bonchev–Trinajstić information content (AvgIpc) is 3.35. The van der Waals surface area contributed by atoms with Gasteiger partial charge in [0, 0.05) is 4.88 Å². The first kappa shape index (κ1) is 30.4. The summed E-state index contributed by atoms with van der Waals surface area (Å²) in [4.78, 5) is 25.6. The molecule has 39 heavy (non-hydrogen) atoms. The number of carbonyl (C=O) groups is 2. The summed E-state index contributed by atoms with van der Waals surface area (Å²) in [6.45, 7) is 16.7. The van der Waals surface area contributed by atoms with Gasteiger partial charge in [0.15, 0.2) is 6.10 Å². The van der Waals surface area contributed by atoms with Crippen molar-refractivity contribution in [2.45, 2.75) is 73.0 Å². The molecule has 0 aliphatic rings. The number of carbonyl (C=O) groups excluding carboxylic acids is 2. The number of hydrogen-bond donors (Lipinski definition) is 2. The van der Waals surface area contributed by atoms with Crippen molar-refractivity contribution >= 4 is 23.2 Å². The van der Waals surface area contributed by atoms with Gasteiger partial charge in [-0.1, -0.05) is 58.9 Å². The molecule has 2 N–H and O–H groups in total. The normalized spacial score (nSPS) is 13.2. The lowest BCUT2D eigenvalue weighted by Crippen LogP contribution is -2.37. The molecule has 0 radical (unpaired) electrons. The monoisotopic (exact) mass is 551 g/mol. The predicted molar refractivity (Wildman–Crippen MR) is 158 cm³/mol. The summed E-state index contributed by atoms with van der Waals surface area (Å²) in [5.74, 6) is -0.159. The van der Waals surface area contributed by atoms with Crippen molar-refractivity contribution in [1.29, 1.82) is 0 Å². The van der Waals surface area contributed by atoms with Gasteiger partial charge in [0.25, 0.3) is 5.91 Å². The predicted octanol–water partition coefficient (Wildman–Crippen LogP) is 6.76. The molecule has 0 fully saturated rings. The van der Waals surface area contributed by atoms with Crippen molar-refractivity contribution in [1.82, 2.24) is 5.32 Å². The number of aliphatic hydroxyl groups is 1. The number of benzene rings is 2. The average molecular weight is 552 g/mol. The third-order valence-corrected chi connectivity index (χ3v) is 7.71. The number of aliphatic hydroxyl groups excluding tert-OH is 1. The molecule has 0 spiro atoms. The fourth-order valence-corrected chi connectivity index (χ4v) is 5.61. The van der Waals surface area contributed by atoms with Crippen LogP contribution < -0.4 is 10.1 Å². The number of esters is 1. The van der Waals surface area contributed by atoms with Crippen LogP contribution in [0.15, 0.2) is 48.5 Å². The first-order valence-electron chi connectivity index (χ1n) is 13.4. The molecule has 0 bridgehead atoms. The van der Waals surface area contributed by atoms with Crippen molar-refractivity contribution in [3.63, 3.8) is 0 Å². The molecule has 1 unspecified atom stereocenters. The van der Waals surface area contributed by atoms with E-state index >= 15 is 0 Å². The number of amides is 1. The summed E-state index contributed by atoms with van der Waals surface area (Å²) < 4.78 is 11.3. The highest BCUT2D eigenvalue weighted by molar-refractivity contribution is 7.14. The fraction of sp³-hybridized carbons (Fsp3) is 0.438. The van der Waals surface area contributed by atoms with Gasteiger partial charge in [-0.2, -0.15) is 0 Å². The minimum atomic E-state index is -1.40. The second-order valence-electron chi connectivity index (χ2n) is 11.2. The van der Waals surface area contributed by atoms with E-state index in [0.29, 0.717) is 4.88 Å². The van der Waals surface area contributed by atoms with Crippen LogP contribution in [0.4, 0.5) is 0 Å². The first-order chi connectivity index (χ1) is 18.3. The highest BCUT2D eigenvalue weighted by atomic mass is 32.1. The molecule has 0 saturated carbocycles. The van der Waals surface area contributed by atoms with Gasteiger partial charge in [0.05, 0.1) is 18.0 Å². The summed E-state index contributed by atoms with van der Waals surface area (Å²) in [7, 11) is 0. The second-order valence-corrected chi connectivity index (χ2v) is 12.3. The van der Waals surface area contributed by atoms with Gasteiger partial charge < -0.3 is 19.9 Å². The Bertz CT molecular complexity index is 1260. The summed E-state index contributed by atoms with van der Waals surface area (Å²) in [6.07, 6.45) is -1.64. The zero-order chi connectivity index (χ0) is 28.9. The topological polar surface area (TPSA) is 84.9 Å². The molecule has 0 aliphatic carbocycles. The van der Waals surface area contributed by atoms with Crippen molar-refractivity contribution in [3.8, 4) is 16.9 Å². The van der Waals surface area contributed by atoms with E-state index in [0.717, 1.165) is 21.8 Å². The van der Waals surface area contributed by atoms with E-state index in [2.05, 4.69) is 90.2 Å². The quantitative estimate of drug-likeness (QED) is 0.272. The SMILES string of the molecule is CCOC(=O)[C@@H](O)CNC(=O)c1ccc(C(Oc2cc(C)c(-c3ccc(C(C)(C)C)cc3)c(C)c2)C(C)C)s1. The maximum atomic E-state index is 12.6. The maximum Gasteiger partial charge on any atom is 0.336 e. The first-order valence-corrected chi connectivity index (χ1v) is 14.2. The van der Waals surface area contributed by atoms with Gasteiger partial charge in [-0.05, 0) is 84.2 Å². The molecule has 1 amide bonds. The van der Waals surface area contributed by atoms with Crippen LogP contribution in [0, 0.1) is 19.8 Å². The van der Waals surface area contributed by atoms with Crippen LogP contribution in [-0.4, -0.2) is 36.2 Å². The molecule has 210 valence electrons. The standard InChI is InChI=1S/C32H41NO5S/c1-9-37-31(36)25(34)18-33-30(35)27-15-14-26(39-27)29(19(2)3)38-24-16-20(4)28(21(5)17-24)22-10-12-23(13-11-22)32(6,7)8/h10-17,19,25,29,34H,9,18H2,1-8H3,(H,33,35)/t25-,29?/m0/s1. The Morgan fingerprint density at radius 1 is 1.00 bits per heavy atom. The molecule has 3 aromatic rings. The van der Waals surface area contributed by atoms with E-state index < -0.39 is 12.1 Å². The number of hydrogen-bond acceptors (Lipinski definition) is 6. The van der Waals surface area contributed by atoms with Crippen LogP contribution in [-0.2, 0) is 14.9 Å². The Morgan fingerprint density at radius 3 is 2.15 bits per heavy atom. The molecular formula is C32H41NO5S. The van der Waals surface area contributed by atoms with E-state index in [1.54, 1.807) is 13.0 Å². The van der Waals surface area contributed by atoms with Gasteiger partial charge in [-0.15, -0.1) is 11.3 Å². The molecule has 2 aromatic carbocycles. The van der Waals surface area contributed by atoms with Gasteiger partial charge in [-0.25, -0.2) is 4.79 Å². The van der Waals surface area contributed by atoms with E-state index in [4.69, 9.17) is 9.47 Å². The molecule has 3 rings (SSSR count). The third kappa shape index (κ3) is 7.70. The second kappa shape index (κ2) is 12.8. The van der Waals surface area contributed by atoms with E-state index in [1.807, 2.05) is 6.07 Å². The zero-order valence-electron chi connectivity index (χ0n) is 24.3. The van der Waals surface area contributed by atoms with Crippen LogP contribution in [0.3, 0.4) is 0 Å². The Labute approximate surface area is 236 Å². The van der Waals surface area contributed by atoms with Crippen molar-refractivity contribution in [2.75, 3.05) is 13.2 Å². The van der Waals surface area contributed by atoms with Gasteiger partial charge in [-0.3, -0.25) is 4.79 Å². The van der Waals surface area contributed by atoms with Crippen LogP contribution in [0.1, 0.15) is 78.9 Å². The summed E-state index contributed by atoms with van der Waals surface area (Å²) in [5.41, 5.74) is 6.10. The number of thiophene rings is 1. The highest BCUT2D eigenvalue weighted by Crippen LogP contribution is 2.37. The molecule has 7 heteroatoms. The van der Waals surface area contributed by atoms with Crippen LogP contribution in [0.2, 0.25) is 0 Å². The van der Waals surface area contributed by atoms with E-state index in [9.17, 15) is 14.7 Å². The fourth-order valence-electron chi connectivity index (χ4n) is 4.48. The lowest BCUT2D eigenvalue weighted by Gasteiger charge is -2.23. The van der Waals surface area contributed by atoms with E-state index in [1.165, 1.54) is 28.0 Å². The molecule has 2 atom stereocenters. The maximum absolute atomic E-state index is 12.6. The zero-order valence-corrected chi connectivity index (χ0v) is 25.1. The molecule has 6 nitrogen and oxygen atoms in total. The molecule has 0 saturated heterocycles. The minimum absolute atomic E-state index is 0.110. The van der Waals surface area contributed by atoms with Crippen LogP contribution in [0.5, 0.6) is 5.75 Å². The summed E-state index contributed by atoms with van der Waals surface area (Å²) >= 11 is 1.34. The molecule has 1 aromatic heterocycles. The molecular weight excluding hydrogens is 510 g/mol. The minimum Gasteiger partial charge on any atom is -0.485 e. The van der Waals surface area contributed by atoms with Crippen molar-refractivity contribution in [2.24, 2.45) is 5.92 Å². The number of rotatable bonds is 10. The largest absolute Gasteiger partial charge is 0.485 e. The Kier molecular flexibility index (Phi) is 9.97. The smallest absolute Gasteiger partial charge is 0.336 e. The van der Waals surface area contributed by atoms with Gasteiger partial charge in [0.2, 0.25) is 0 Å². The highest BCUT2D eigenvalue weighted by Gasteiger charge is 2.24. The summed E-state index contributed by atoms with van der Waals surface area (Å²) in [6, 6.07) is 16.6. The number of ether oxygens (including phenoxy) is 2. The third-order valence-electron chi connectivity index (χ3n) is 6.56. The number of aryl methyl sites for hydroxylation is 2. The molecule has 1 heterocycles. The Balaban J connectivity index is 1.75. The lowest BCUT2D eigenvalue weighted by molar-refractivity contribution is -0.152. The van der Waals surface area contributed by atoms with Crippen molar-refractivity contribution in [3.05, 3.63) is 75.0 Å². The Hall–Kier alpha value is -3.16. The van der Waals surface area contributed by atoms with Crippen molar-refractivity contribution < 1.29 is 24.2 Å². The van der Waals surface area contributed by atoms with E-state index in [-0.39, 0.29) is 36.5 Å².